The molecule has 0 bridgehead atoms. The van der Waals surface area contributed by atoms with Crippen LogP contribution in [0.25, 0.3) is 0 Å². The minimum Gasteiger partial charge on any atom is -0.372 e. The SMILES string of the molecule is CCOC(c1ccccc1)C(NC)c1cc(Cl)ccc1Cl. The third-order valence-electron chi connectivity index (χ3n) is 3.38. The van der Waals surface area contributed by atoms with Crippen LogP contribution in [0.3, 0.4) is 0 Å². The van der Waals surface area contributed by atoms with Crippen LogP contribution in [0.2, 0.25) is 10.0 Å². The van der Waals surface area contributed by atoms with E-state index in [1.54, 1.807) is 6.07 Å². The first-order valence-electron chi connectivity index (χ1n) is 6.96. The van der Waals surface area contributed by atoms with Gasteiger partial charge in [-0.05, 0) is 43.3 Å². The Morgan fingerprint density at radius 3 is 2.43 bits per heavy atom. The molecular weight excluding hydrogens is 305 g/mol. The molecule has 21 heavy (non-hydrogen) atoms. The lowest BCUT2D eigenvalue weighted by Crippen LogP contribution is -2.26. The van der Waals surface area contributed by atoms with Crippen LogP contribution in [0.4, 0.5) is 0 Å². The minimum absolute atomic E-state index is 0.0708. The van der Waals surface area contributed by atoms with Crippen molar-refractivity contribution in [1.29, 1.82) is 0 Å². The Morgan fingerprint density at radius 2 is 1.81 bits per heavy atom. The summed E-state index contributed by atoms with van der Waals surface area (Å²) in [5, 5.41) is 4.65. The first-order valence-corrected chi connectivity index (χ1v) is 7.71. The molecule has 2 rings (SSSR count). The van der Waals surface area contributed by atoms with Gasteiger partial charge in [-0.25, -0.2) is 0 Å². The van der Waals surface area contributed by atoms with Gasteiger partial charge in [0.25, 0.3) is 0 Å². The van der Waals surface area contributed by atoms with Gasteiger partial charge < -0.3 is 10.1 Å². The van der Waals surface area contributed by atoms with Gasteiger partial charge in [-0.2, -0.15) is 0 Å². The van der Waals surface area contributed by atoms with Crippen LogP contribution in [0.5, 0.6) is 0 Å². The molecule has 2 aromatic carbocycles. The second-order valence-electron chi connectivity index (χ2n) is 4.72. The highest BCUT2D eigenvalue weighted by atomic mass is 35.5. The number of hydrogen-bond acceptors (Lipinski definition) is 2. The Hall–Kier alpha value is -1.06. The van der Waals surface area contributed by atoms with E-state index in [0.29, 0.717) is 16.7 Å². The van der Waals surface area contributed by atoms with Gasteiger partial charge in [0.15, 0.2) is 0 Å². The quantitative estimate of drug-likeness (QED) is 0.804. The summed E-state index contributed by atoms with van der Waals surface area (Å²) in [4.78, 5) is 0. The van der Waals surface area contributed by atoms with Gasteiger partial charge in [-0.15, -0.1) is 0 Å². The van der Waals surface area contributed by atoms with E-state index in [4.69, 9.17) is 27.9 Å². The van der Waals surface area contributed by atoms with E-state index in [2.05, 4.69) is 17.4 Å². The van der Waals surface area contributed by atoms with Crippen LogP contribution in [0, 0.1) is 0 Å². The summed E-state index contributed by atoms with van der Waals surface area (Å²) < 4.78 is 5.97. The predicted octanol–water partition coefficient (Wildman–Crippen LogP) is 5.03. The van der Waals surface area contributed by atoms with Gasteiger partial charge >= 0.3 is 0 Å². The van der Waals surface area contributed by atoms with E-state index in [9.17, 15) is 0 Å². The van der Waals surface area contributed by atoms with Crippen molar-refractivity contribution in [2.75, 3.05) is 13.7 Å². The molecule has 0 heterocycles. The highest BCUT2D eigenvalue weighted by Gasteiger charge is 2.25. The van der Waals surface area contributed by atoms with E-state index in [1.165, 1.54) is 0 Å². The van der Waals surface area contributed by atoms with Gasteiger partial charge in [0.2, 0.25) is 0 Å². The van der Waals surface area contributed by atoms with E-state index in [1.807, 2.05) is 44.3 Å². The monoisotopic (exact) mass is 323 g/mol. The molecule has 2 unspecified atom stereocenters. The van der Waals surface area contributed by atoms with Crippen LogP contribution < -0.4 is 5.32 Å². The Morgan fingerprint density at radius 1 is 1.10 bits per heavy atom. The average molecular weight is 324 g/mol. The van der Waals surface area contributed by atoms with E-state index in [-0.39, 0.29) is 12.1 Å². The molecule has 0 saturated heterocycles. The summed E-state index contributed by atoms with van der Waals surface area (Å²) >= 11 is 12.5. The Kier molecular flexibility index (Phi) is 6.07. The molecule has 0 aliphatic carbocycles. The largest absolute Gasteiger partial charge is 0.372 e. The molecule has 1 N–H and O–H groups in total. The maximum atomic E-state index is 6.35. The molecule has 2 nitrogen and oxygen atoms in total. The highest BCUT2D eigenvalue weighted by molar-refractivity contribution is 6.33. The Balaban J connectivity index is 2.43. The molecule has 2 aromatic rings. The lowest BCUT2D eigenvalue weighted by atomic mass is 9.95. The van der Waals surface area contributed by atoms with E-state index < -0.39 is 0 Å². The van der Waals surface area contributed by atoms with E-state index >= 15 is 0 Å². The van der Waals surface area contributed by atoms with Gasteiger partial charge in [0.1, 0.15) is 6.10 Å². The zero-order valence-electron chi connectivity index (χ0n) is 12.1. The first-order chi connectivity index (χ1) is 10.2. The molecule has 112 valence electrons. The fraction of sp³-hybridized carbons (Fsp3) is 0.294. The zero-order valence-corrected chi connectivity index (χ0v) is 13.7. The van der Waals surface area contributed by atoms with E-state index in [0.717, 1.165) is 11.1 Å². The molecule has 0 aliphatic rings. The van der Waals surface area contributed by atoms with Crippen LogP contribution in [0.1, 0.15) is 30.2 Å². The average Bonchev–Trinajstić information content (AvgIpc) is 2.51. The molecule has 0 fully saturated rings. The number of ether oxygens (including phenoxy) is 1. The topological polar surface area (TPSA) is 21.3 Å². The molecule has 2 atom stereocenters. The van der Waals surface area contributed by atoms with Gasteiger partial charge in [-0.3, -0.25) is 0 Å². The second kappa shape index (κ2) is 7.81. The number of nitrogens with one attached hydrogen (secondary N) is 1. The molecule has 0 saturated carbocycles. The summed E-state index contributed by atoms with van der Waals surface area (Å²) in [6, 6.07) is 15.6. The normalized spacial score (nSPS) is 13.9. The van der Waals surface area contributed by atoms with Crippen molar-refractivity contribution in [3.05, 3.63) is 69.7 Å². The van der Waals surface area contributed by atoms with Crippen LogP contribution in [-0.4, -0.2) is 13.7 Å². The molecular formula is C17H19Cl2NO. The first kappa shape index (κ1) is 16.3. The van der Waals surface area contributed by atoms with Gasteiger partial charge in [-0.1, -0.05) is 53.5 Å². The predicted molar refractivity (Wildman–Crippen MR) is 89.1 cm³/mol. The number of rotatable bonds is 6. The summed E-state index contributed by atoms with van der Waals surface area (Å²) in [7, 11) is 1.90. The fourth-order valence-corrected chi connectivity index (χ4v) is 2.85. The zero-order chi connectivity index (χ0) is 15.2. The minimum atomic E-state index is -0.128. The van der Waals surface area contributed by atoms with Crippen molar-refractivity contribution in [1.82, 2.24) is 5.32 Å². The summed E-state index contributed by atoms with van der Waals surface area (Å²) in [5.41, 5.74) is 2.05. The summed E-state index contributed by atoms with van der Waals surface area (Å²) in [6.07, 6.45) is -0.128. The Labute approximate surface area is 136 Å². The Bertz CT molecular complexity index is 574. The summed E-state index contributed by atoms with van der Waals surface area (Å²) in [6.45, 7) is 2.61. The highest BCUT2D eigenvalue weighted by Crippen LogP contribution is 2.36. The van der Waals surface area contributed by atoms with Crippen molar-refractivity contribution in [2.45, 2.75) is 19.1 Å². The van der Waals surface area contributed by atoms with Gasteiger partial charge in [0, 0.05) is 16.7 Å². The maximum absolute atomic E-state index is 6.35. The van der Waals surface area contributed by atoms with Crippen molar-refractivity contribution < 1.29 is 4.74 Å². The van der Waals surface area contributed by atoms with Crippen molar-refractivity contribution >= 4 is 23.2 Å². The molecule has 4 heteroatoms. The third kappa shape index (κ3) is 3.98. The van der Waals surface area contributed by atoms with Crippen molar-refractivity contribution in [3.63, 3.8) is 0 Å². The molecule has 0 radical (unpaired) electrons. The number of benzene rings is 2. The molecule has 0 aromatic heterocycles. The maximum Gasteiger partial charge on any atom is 0.102 e. The molecule has 0 spiro atoms. The lowest BCUT2D eigenvalue weighted by Gasteiger charge is -2.28. The van der Waals surface area contributed by atoms with Crippen LogP contribution >= 0.6 is 23.2 Å². The molecule has 0 amide bonds. The second-order valence-corrected chi connectivity index (χ2v) is 5.56. The van der Waals surface area contributed by atoms with Gasteiger partial charge in [0.05, 0.1) is 6.04 Å². The van der Waals surface area contributed by atoms with Crippen LogP contribution in [0.15, 0.2) is 48.5 Å². The van der Waals surface area contributed by atoms with Crippen LogP contribution in [-0.2, 0) is 4.74 Å². The third-order valence-corrected chi connectivity index (χ3v) is 3.96. The number of hydrogen-bond donors (Lipinski definition) is 1. The number of likely N-dealkylation sites (N-methyl/N-ethyl adjacent to an activating group) is 1. The smallest absolute Gasteiger partial charge is 0.102 e. The standard InChI is InChI=1S/C17H19Cl2NO/c1-3-21-17(12-7-5-4-6-8-12)16(20-2)14-11-13(18)9-10-15(14)19/h4-11,16-17,20H,3H2,1-2H3. The summed E-state index contributed by atoms with van der Waals surface area (Å²) in [5.74, 6) is 0. The van der Waals surface area contributed by atoms with Crippen molar-refractivity contribution in [3.8, 4) is 0 Å². The van der Waals surface area contributed by atoms with Crippen molar-refractivity contribution in [2.24, 2.45) is 0 Å². The lowest BCUT2D eigenvalue weighted by molar-refractivity contribution is 0.0347. The number of halogens is 2. The molecule has 0 aliphatic heterocycles. The fourth-order valence-electron chi connectivity index (χ4n) is 2.43.